The third kappa shape index (κ3) is 5.58. The van der Waals surface area contributed by atoms with Gasteiger partial charge in [0.15, 0.2) is 0 Å². The first-order valence-electron chi connectivity index (χ1n) is 13.8. The fourth-order valence-corrected chi connectivity index (χ4v) is 7.75. The highest BCUT2D eigenvalue weighted by Crippen LogP contribution is 2.43. The maximum absolute atomic E-state index is 13.8. The number of nitrogens with one attached hydrogen (secondary N) is 1. The fraction of sp³-hybridized carbons (Fsp3) is 0.0857. The Morgan fingerprint density at radius 1 is 0.535 bits per heavy atom. The molecule has 0 fully saturated rings. The Hall–Kier alpha value is -4.34. The molecule has 0 aliphatic heterocycles. The minimum Gasteiger partial charge on any atom is -0.282 e. The van der Waals surface area contributed by atoms with Gasteiger partial charge in [-0.15, -0.1) is 0 Å². The van der Waals surface area contributed by atoms with Crippen LogP contribution in [-0.4, -0.2) is 27.4 Å². The van der Waals surface area contributed by atoms with Crippen molar-refractivity contribution in [2.75, 3.05) is 0 Å². The van der Waals surface area contributed by atoms with E-state index in [9.17, 15) is 21.4 Å². The van der Waals surface area contributed by atoms with Crippen LogP contribution in [0.3, 0.4) is 0 Å². The first kappa shape index (κ1) is 28.8. The molecular weight excluding hydrogens is 579 g/mol. The molecule has 6 aromatic rings. The molecule has 0 amide bonds. The summed E-state index contributed by atoms with van der Waals surface area (Å²) in [6.07, 6.45) is 0. The predicted octanol–water partition coefficient (Wildman–Crippen LogP) is 7.93. The summed E-state index contributed by atoms with van der Waals surface area (Å²) >= 11 is 0. The highest BCUT2D eigenvalue weighted by atomic mass is 32.2. The standard InChI is InChI=1S/C35H29NO5S2/c1-23(2)36-42(37,38)32-19-15-28-21-26(24-9-5-3-6-10-24)13-17-30(28)34(32)35-31-18-14-27(25-11-7-4-8-12-25)22-29(31)16-20-33(35)43(39,40)41/h3-23,36H,1-2H3,(H,39,40,41). The Balaban J connectivity index is 1.73. The molecule has 6 nitrogen and oxygen atoms in total. The molecule has 0 heterocycles. The van der Waals surface area contributed by atoms with E-state index in [-0.39, 0.29) is 20.9 Å². The van der Waals surface area contributed by atoms with E-state index < -0.39 is 26.2 Å². The molecule has 6 aromatic carbocycles. The highest BCUT2D eigenvalue weighted by Gasteiger charge is 2.28. The van der Waals surface area contributed by atoms with E-state index >= 15 is 0 Å². The Kier molecular flexibility index (Phi) is 7.40. The van der Waals surface area contributed by atoms with Gasteiger partial charge in [-0.1, -0.05) is 97.1 Å². The van der Waals surface area contributed by atoms with Crippen LogP contribution in [0.5, 0.6) is 0 Å². The zero-order chi connectivity index (χ0) is 30.4. The molecule has 0 saturated heterocycles. The van der Waals surface area contributed by atoms with Gasteiger partial charge < -0.3 is 0 Å². The molecule has 0 aromatic heterocycles. The molecule has 43 heavy (non-hydrogen) atoms. The second-order valence-electron chi connectivity index (χ2n) is 10.7. The van der Waals surface area contributed by atoms with E-state index in [4.69, 9.17) is 0 Å². The average Bonchev–Trinajstić information content (AvgIpc) is 2.99. The van der Waals surface area contributed by atoms with Gasteiger partial charge in [0.1, 0.15) is 4.90 Å². The van der Waals surface area contributed by atoms with Crippen molar-refractivity contribution in [2.45, 2.75) is 29.7 Å². The van der Waals surface area contributed by atoms with Gasteiger partial charge in [-0.2, -0.15) is 8.42 Å². The summed E-state index contributed by atoms with van der Waals surface area (Å²) in [4.78, 5) is -0.446. The van der Waals surface area contributed by atoms with Crippen LogP contribution < -0.4 is 4.72 Å². The van der Waals surface area contributed by atoms with Gasteiger partial charge in [-0.3, -0.25) is 4.55 Å². The number of benzene rings is 6. The predicted molar refractivity (Wildman–Crippen MR) is 173 cm³/mol. The molecule has 0 spiro atoms. The first-order chi connectivity index (χ1) is 20.5. The monoisotopic (exact) mass is 607 g/mol. The third-order valence-electron chi connectivity index (χ3n) is 7.39. The van der Waals surface area contributed by atoms with Crippen LogP contribution in [0.25, 0.3) is 54.9 Å². The SMILES string of the molecule is CC(C)NS(=O)(=O)c1ccc2cc(-c3ccccc3)ccc2c1-c1c(S(=O)(=O)O)ccc2cc(-c3ccccc3)ccc12. The van der Waals surface area contributed by atoms with Crippen molar-refractivity contribution in [1.82, 2.24) is 4.72 Å². The van der Waals surface area contributed by atoms with Crippen molar-refractivity contribution < 1.29 is 21.4 Å². The van der Waals surface area contributed by atoms with E-state index in [0.29, 0.717) is 16.2 Å². The molecular formula is C35H29NO5S2. The van der Waals surface area contributed by atoms with Gasteiger partial charge in [0, 0.05) is 17.2 Å². The molecule has 0 aliphatic rings. The van der Waals surface area contributed by atoms with Crippen LogP contribution in [-0.2, 0) is 20.1 Å². The van der Waals surface area contributed by atoms with Crippen molar-refractivity contribution in [3.8, 4) is 33.4 Å². The molecule has 0 aliphatic carbocycles. The van der Waals surface area contributed by atoms with E-state index in [1.807, 2.05) is 91.0 Å². The number of sulfonamides is 1. The van der Waals surface area contributed by atoms with E-state index in [1.54, 1.807) is 32.0 Å². The Labute approximate surface area is 251 Å². The van der Waals surface area contributed by atoms with Gasteiger partial charge in [0.05, 0.1) is 4.90 Å². The maximum atomic E-state index is 13.8. The van der Waals surface area contributed by atoms with Crippen LogP contribution in [0, 0.1) is 0 Å². The molecule has 6 rings (SSSR count). The van der Waals surface area contributed by atoms with Gasteiger partial charge in [-0.05, 0) is 81.9 Å². The van der Waals surface area contributed by atoms with E-state index in [2.05, 4.69) is 4.72 Å². The van der Waals surface area contributed by atoms with Gasteiger partial charge in [0.25, 0.3) is 10.1 Å². The lowest BCUT2D eigenvalue weighted by molar-refractivity contribution is 0.483. The van der Waals surface area contributed by atoms with E-state index in [1.165, 1.54) is 12.1 Å². The van der Waals surface area contributed by atoms with Crippen molar-refractivity contribution in [3.63, 3.8) is 0 Å². The van der Waals surface area contributed by atoms with Crippen LogP contribution >= 0.6 is 0 Å². The van der Waals surface area contributed by atoms with Gasteiger partial charge in [-0.25, -0.2) is 13.1 Å². The summed E-state index contributed by atoms with van der Waals surface area (Å²) in [5, 5.41) is 2.45. The Morgan fingerprint density at radius 2 is 0.977 bits per heavy atom. The fourth-order valence-electron chi connectivity index (χ4n) is 5.57. The lowest BCUT2D eigenvalue weighted by Crippen LogP contribution is -2.30. The second kappa shape index (κ2) is 11.1. The zero-order valence-electron chi connectivity index (χ0n) is 23.5. The van der Waals surface area contributed by atoms with Crippen molar-refractivity contribution in [3.05, 3.63) is 121 Å². The van der Waals surface area contributed by atoms with Crippen molar-refractivity contribution >= 4 is 41.7 Å². The third-order valence-corrected chi connectivity index (χ3v) is 9.98. The molecule has 0 atom stereocenters. The lowest BCUT2D eigenvalue weighted by atomic mass is 9.91. The van der Waals surface area contributed by atoms with Crippen LogP contribution in [0.2, 0.25) is 0 Å². The molecule has 0 bridgehead atoms. The topological polar surface area (TPSA) is 101 Å². The van der Waals surface area contributed by atoms with Gasteiger partial charge in [0.2, 0.25) is 10.0 Å². The molecule has 216 valence electrons. The smallest absolute Gasteiger partial charge is 0.282 e. The minimum absolute atomic E-state index is 0.0781. The summed E-state index contributed by atoms with van der Waals surface area (Å²) in [6, 6.07) is 36.6. The summed E-state index contributed by atoms with van der Waals surface area (Å²) in [7, 11) is -8.86. The molecule has 0 saturated carbocycles. The number of hydrogen-bond donors (Lipinski definition) is 2. The molecule has 8 heteroatoms. The summed E-state index contributed by atoms with van der Waals surface area (Å²) in [5.74, 6) is 0. The zero-order valence-corrected chi connectivity index (χ0v) is 25.2. The quantitative estimate of drug-likeness (QED) is 0.180. The number of hydrogen-bond acceptors (Lipinski definition) is 4. The van der Waals surface area contributed by atoms with Crippen molar-refractivity contribution in [2.24, 2.45) is 0 Å². The van der Waals surface area contributed by atoms with Crippen molar-refractivity contribution in [1.29, 1.82) is 0 Å². The number of rotatable bonds is 7. The van der Waals surface area contributed by atoms with Gasteiger partial charge >= 0.3 is 0 Å². The average molecular weight is 608 g/mol. The summed E-state index contributed by atoms with van der Waals surface area (Å²) in [6.45, 7) is 3.44. The van der Waals surface area contributed by atoms with Crippen LogP contribution in [0.1, 0.15) is 13.8 Å². The molecule has 2 N–H and O–H groups in total. The number of fused-ring (bicyclic) bond motifs is 2. The summed E-state index contributed by atoms with van der Waals surface area (Å²) in [5.41, 5.74) is 4.14. The second-order valence-corrected chi connectivity index (χ2v) is 13.8. The molecule has 0 radical (unpaired) electrons. The van der Waals surface area contributed by atoms with E-state index in [0.717, 1.165) is 27.6 Å². The first-order valence-corrected chi connectivity index (χ1v) is 16.7. The lowest BCUT2D eigenvalue weighted by Gasteiger charge is -2.20. The normalized spacial score (nSPS) is 12.3. The Morgan fingerprint density at radius 3 is 1.42 bits per heavy atom. The largest absolute Gasteiger partial charge is 0.295 e. The maximum Gasteiger partial charge on any atom is 0.295 e. The Bertz CT molecular complexity index is 2210. The molecule has 0 unspecified atom stereocenters. The minimum atomic E-state index is -4.76. The summed E-state index contributed by atoms with van der Waals surface area (Å²) < 4.78 is 66.4. The van der Waals surface area contributed by atoms with Crippen LogP contribution in [0.15, 0.2) is 131 Å². The van der Waals surface area contributed by atoms with Crippen LogP contribution in [0.4, 0.5) is 0 Å². The highest BCUT2D eigenvalue weighted by molar-refractivity contribution is 7.89.